The smallest absolute Gasteiger partial charge is 0.457 e. The summed E-state index contributed by atoms with van der Waals surface area (Å²) in [5, 5.41) is -5.02. The molecule has 0 atom stereocenters. The van der Waals surface area contributed by atoms with Gasteiger partial charge in [-0.25, -0.2) is 19.1 Å². The quantitative estimate of drug-likeness (QED) is 0.621. The van der Waals surface area contributed by atoms with Crippen LogP contribution in [0.1, 0.15) is 25.7 Å². The topological polar surface area (TPSA) is 125 Å². The number of carbonyl (C=O) groups is 2. The zero-order chi connectivity index (χ0) is 18.0. The van der Waals surface area contributed by atoms with Gasteiger partial charge in [0, 0.05) is 12.4 Å². The van der Waals surface area contributed by atoms with Crippen LogP contribution in [0.15, 0.2) is 18.7 Å². The molecule has 0 aliphatic heterocycles. The first kappa shape index (κ1) is 18.3. The van der Waals surface area contributed by atoms with Crippen molar-refractivity contribution in [2.45, 2.75) is 43.1 Å². The molecule has 1 aliphatic rings. The third-order valence-corrected chi connectivity index (χ3v) is 4.25. The predicted molar refractivity (Wildman–Crippen MR) is 72.7 cm³/mol. The molecule has 134 valence electrons. The molecule has 0 spiro atoms. The second kappa shape index (κ2) is 6.81. The summed E-state index contributed by atoms with van der Waals surface area (Å²) in [6.07, 6.45) is 2.67. The summed E-state index contributed by atoms with van der Waals surface area (Å²) in [5.74, 6) is -2.33. The van der Waals surface area contributed by atoms with Crippen LogP contribution in [0.5, 0.6) is 0 Å². The van der Waals surface area contributed by atoms with Gasteiger partial charge in [0.15, 0.2) is 0 Å². The van der Waals surface area contributed by atoms with E-state index in [1.165, 1.54) is 18.7 Å². The summed E-state index contributed by atoms with van der Waals surface area (Å²) in [4.78, 5) is 26.6. The Kier molecular flexibility index (Phi) is 5.18. The lowest BCUT2D eigenvalue weighted by atomic mass is 9.95. The number of carbonyl (C=O) groups excluding carboxylic acids is 2. The van der Waals surface area contributed by atoms with Crippen LogP contribution in [-0.4, -0.2) is 52.0 Å². The molecule has 12 heteroatoms. The van der Waals surface area contributed by atoms with Crippen LogP contribution >= 0.6 is 0 Å². The monoisotopic (exact) mass is 368 g/mol. The van der Waals surface area contributed by atoms with Gasteiger partial charge in [-0.05, 0) is 25.7 Å². The van der Waals surface area contributed by atoms with E-state index in [4.69, 9.17) is 9.29 Å². The molecule has 1 saturated carbocycles. The molecular formula is C12H14F2N2O7S. The van der Waals surface area contributed by atoms with Gasteiger partial charge in [-0.1, -0.05) is 0 Å². The molecule has 0 saturated heterocycles. The zero-order valence-corrected chi connectivity index (χ0v) is 13.0. The van der Waals surface area contributed by atoms with E-state index in [-0.39, 0.29) is 25.7 Å². The number of imidazole rings is 1. The van der Waals surface area contributed by atoms with Crippen LogP contribution in [0.25, 0.3) is 0 Å². The Labute approximate surface area is 135 Å². The fourth-order valence-electron chi connectivity index (χ4n) is 2.16. The molecule has 0 unspecified atom stereocenters. The Morgan fingerprint density at radius 2 is 1.71 bits per heavy atom. The number of hydrogen-bond donors (Lipinski definition) is 1. The molecule has 1 aromatic rings. The first-order valence-corrected chi connectivity index (χ1v) is 8.30. The third-order valence-electron chi connectivity index (χ3n) is 3.44. The molecule has 24 heavy (non-hydrogen) atoms. The van der Waals surface area contributed by atoms with Crippen LogP contribution in [0.4, 0.5) is 13.6 Å². The second-order valence-corrected chi connectivity index (χ2v) is 6.61. The first-order valence-electron chi connectivity index (χ1n) is 6.86. The van der Waals surface area contributed by atoms with Crippen molar-refractivity contribution < 1.29 is 40.8 Å². The fraction of sp³-hybridized carbons (Fsp3) is 0.583. The van der Waals surface area contributed by atoms with Crippen molar-refractivity contribution in [2.24, 2.45) is 0 Å². The maximum Gasteiger partial charge on any atom is 0.465 e. The molecule has 1 aromatic heterocycles. The minimum Gasteiger partial charge on any atom is -0.457 e. The highest BCUT2D eigenvalue weighted by Crippen LogP contribution is 2.28. The van der Waals surface area contributed by atoms with Gasteiger partial charge in [-0.2, -0.15) is 17.2 Å². The molecule has 1 heterocycles. The van der Waals surface area contributed by atoms with Gasteiger partial charge >= 0.3 is 27.4 Å². The van der Waals surface area contributed by atoms with E-state index in [1.54, 1.807) is 0 Å². The molecule has 9 nitrogen and oxygen atoms in total. The van der Waals surface area contributed by atoms with Crippen molar-refractivity contribution in [2.75, 3.05) is 0 Å². The minimum atomic E-state index is -5.89. The minimum absolute atomic E-state index is 0.106. The number of nitrogens with zero attached hydrogens (tertiary/aromatic N) is 2. The van der Waals surface area contributed by atoms with Gasteiger partial charge in [0.1, 0.15) is 18.5 Å². The van der Waals surface area contributed by atoms with E-state index in [0.717, 1.165) is 4.57 Å². The highest BCUT2D eigenvalue weighted by Gasteiger charge is 2.54. The number of halogens is 2. The highest BCUT2D eigenvalue weighted by atomic mass is 32.2. The highest BCUT2D eigenvalue weighted by molar-refractivity contribution is 7.87. The summed E-state index contributed by atoms with van der Waals surface area (Å²) >= 11 is 0. The first-order chi connectivity index (χ1) is 11.1. The van der Waals surface area contributed by atoms with E-state index in [2.05, 4.69) is 9.72 Å². The van der Waals surface area contributed by atoms with Gasteiger partial charge in [-0.3, -0.25) is 4.55 Å². The van der Waals surface area contributed by atoms with Crippen molar-refractivity contribution in [1.82, 2.24) is 9.55 Å². The van der Waals surface area contributed by atoms with Crippen LogP contribution in [0.3, 0.4) is 0 Å². The molecule has 1 N–H and O–H groups in total. The molecular weight excluding hydrogens is 354 g/mol. The SMILES string of the molecule is O=C(OC1CCC(OC(=O)C(F)(F)S(=O)(=O)O)CC1)n1ccnc1. The summed E-state index contributed by atoms with van der Waals surface area (Å²) in [6, 6.07) is 0. The summed E-state index contributed by atoms with van der Waals surface area (Å²) in [5.41, 5.74) is 0. The summed E-state index contributed by atoms with van der Waals surface area (Å²) in [7, 11) is -5.89. The standard InChI is InChI=1S/C12H14F2N2O7S/c13-12(14,24(19,20)21)10(17)22-8-1-3-9(4-2-8)23-11(18)16-6-5-15-7-16/h5-9H,1-4H2,(H,19,20,21). The number of alkyl halides is 2. The Morgan fingerprint density at radius 3 is 2.17 bits per heavy atom. The molecule has 0 bridgehead atoms. The van der Waals surface area contributed by atoms with Crippen molar-refractivity contribution in [3.05, 3.63) is 18.7 Å². The van der Waals surface area contributed by atoms with E-state index in [0.29, 0.717) is 0 Å². The summed E-state index contributed by atoms with van der Waals surface area (Å²) in [6.45, 7) is 0. The van der Waals surface area contributed by atoms with Crippen molar-refractivity contribution in [1.29, 1.82) is 0 Å². The summed E-state index contributed by atoms with van der Waals surface area (Å²) < 4.78 is 66.2. The lowest BCUT2D eigenvalue weighted by Gasteiger charge is -2.28. The number of aromatic nitrogens is 2. The third kappa shape index (κ3) is 4.06. The molecule has 0 radical (unpaired) electrons. The largest absolute Gasteiger partial charge is 0.465 e. The average molecular weight is 368 g/mol. The maximum absolute atomic E-state index is 13.1. The number of esters is 1. The van der Waals surface area contributed by atoms with Crippen molar-refractivity contribution in [3.8, 4) is 0 Å². The number of hydrogen-bond acceptors (Lipinski definition) is 7. The van der Waals surface area contributed by atoms with Gasteiger partial charge in [-0.15, -0.1) is 0 Å². The lowest BCUT2D eigenvalue weighted by Crippen LogP contribution is -2.41. The molecule has 2 rings (SSSR count). The van der Waals surface area contributed by atoms with E-state index in [9.17, 15) is 26.8 Å². The average Bonchev–Trinajstić information content (AvgIpc) is 3.02. The van der Waals surface area contributed by atoms with E-state index >= 15 is 0 Å². The van der Waals surface area contributed by atoms with Crippen LogP contribution in [-0.2, 0) is 24.4 Å². The predicted octanol–water partition coefficient (Wildman–Crippen LogP) is 1.20. The molecule has 0 aromatic carbocycles. The van der Waals surface area contributed by atoms with Crippen LogP contribution < -0.4 is 0 Å². The second-order valence-electron chi connectivity index (χ2n) is 5.15. The molecule has 1 fully saturated rings. The van der Waals surface area contributed by atoms with Gasteiger partial charge in [0.25, 0.3) is 0 Å². The normalized spacial score (nSPS) is 22.0. The molecule has 1 aliphatic carbocycles. The van der Waals surface area contributed by atoms with Crippen molar-refractivity contribution in [3.63, 3.8) is 0 Å². The zero-order valence-electron chi connectivity index (χ0n) is 12.2. The lowest BCUT2D eigenvalue weighted by molar-refractivity contribution is -0.169. The van der Waals surface area contributed by atoms with Crippen LogP contribution in [0.2, 0.25) is 0 Å². The fourth-order valence-corrected chi connectivity index (χ4v) is 2.42. The maximum atomic E-state index is 13.1. The number of rotatable bonds is 4. The Balaban J connectivity index is 1.83. The van der Waals surface area contributed by atoms with Gasteiger partial charge < -0.3 is 9.47 Å². The Bertz CT molecular complexity index is 697. The van der Waals surface area contributed by atoms with Gasteiger partial charge in [0.05, 0.1) is 0 Å². The Hall–Kier alpha value is -2.08. The molecule has 0 amide bonds. The van der Waals surface area contributed by atoms with Crippen LogP contribution in [0, 0.1) is 0 Å². The Morgan fingerprint density at radius 1 is 1.17 bits per heavy atom. The van der Waals surface area contributed by atoms with E-state index < -0.39 is 39.6 Å². The number of ether oxygens (including phenoxy) is 2. The van der Waals surface area contributed by atoms with Crippen molar-refractivity contribution >= 4 is 22.2 Å². The van der Waals surface area contributed by atoms with Gasteiger partial charge in [0.2, 0.25) is 0 Å². The van der Waals surface area contributed by atoms with E-state index in [1.807, 2.05) is 0 Å².